The first-order chi connectivity index (χ1) is 15.0. The lowest BCUT2D eigenvalue weighted by molar-refractivity contribution is -0.139. The van der Waals surface area contributed by atoms with Crippen molar-refractivity contribution in [2.75, 3.05) is 6.61 Å². The maximum absolute atomic E-state index is 11.6. The molecule has 0 aliphatic carbocycles. The fourth-order valence-electron chi connectivity index (χ4n) is 3.66. The third-order valence-corrected chi connectivity index (χ3v) is 5.41. The molecule has 0 radical (unpaired) electrons. The van der Waals surface area contributed by atoms with Crippen molar-refractivity contribution in [2.45, 2.75) is 58.3 Å². The van der Waals surface area contributed by atoms with E-state index in [4.69, 9.17) is 4.74 Å². The van der Waals surface area contributed by atoms with E-state index in [1.165, 1.54) is 11.2 Å². The highest BCUT2D eigenvalue weighted by Gasteiger charge is 2.16. The van der Waals surface area contributed by atoms with Gasteiger partial charge in [0.05, 0.1) is 6.61 Å². The van der Waals surface area contributed by atoms with Gasteiger partial charge in [-0.1, -0.05) is 51.0 Å². The van der Waals surface area contributed by atoms with E-state index >= 15 is 0 Å². The van der Waals surface area contributed by atoms with Gasteiger partial charge in [0.25, 0.3) is 0 Å². The number of rotatable bonds is 11. The third kappa shape index (κ3) is 5.94. The zero-order valence-corrected chi connectivity index (χ0v) is 18.4. The van der Waals surface area contributed by atoms with Gasteiger partial charge in [-0.15, -0.1) is 15.0 Å². The van der Waals surface area contributed by atoms with E-state index in [1.807, 2.05) is 36.4 Å². The van der Waals surface area contributed by atoms with Gasteiger partial charge >= 0.3 is 5.97 Å². The standard InChI is InChI=1S/C25H31N3O3/c1-4-5-6-10-19(11-9-16-31-25(30)18(2)3)20-14-15-24(29)23(17-20)28-26-21-12-7-8-13-22(21)27-28/h7-8,12-15,17,19,29H,2,4-6,9-11,16H2,1,3H3. The zero-order valence-electron chi connectivity index (χ0n) is 18.4. The Hall–Kier alpha value is -3.15. The summed E-state index contributed by atoms with van der Waals surface area (Å²) in [5.41, 5.74) is 3.69. The smallest absolute Gasteiger partial charge is 0.333 e. The molecule has 3 rings (SSSR count). The molecule has 0 saturated carbocycles. The summed E-state index contributed by atoms with van der Waals surface area (Å²) in [5.74, 6) is 0.109. The minimum atomic E-state index is -0.341. The first-order valence-corrected chi connectivity index (χ1v) is 11.0. The van der Waals surface area contributed by atoms with Gasteiger partial charge in [0.2, 0.25) is 0 Å². The van der Waals surface area contributed by atoms with Crippen LogP contribution in [0.15, 0.2) is 54.6 Å². The van der Waals surface area contributed by atoms with Crippen LogP contribution in [0, 0.1) is 0 Å². The molecule has 6 heteroatoms. The van der Waals surface area contributed by atoms with Gasteiger partial charge < -0.3 is 9.84 Å². The summed E-state index contributed by atoms with van der Waals surface area (Å²) in [6, 6.07) is 13.3. The number of ether oxygens (including phenoxy) is 1. The van der Waals surface area contributed by atoms with Crippen LogP contribution >= 0.6 is 0 Å². The number of carbonyl (C=O) groups excluding carboxylic acids is 1. The molecule has 0 amide bonds. The lowest BCUT2D eigenvalue weighted by Crippen LogP contribution is -2.08. The topological polar surface area (TPSA) is 77.2 Å². The SMILES string of the molecule is C=C(C)C(=O)OCCCC(CCCCC)c1ccc(O)c(-n2nc3ccccc3n2)c1. The van der Waals surface area contributed by atoms with Gasteiger partial charge in [0.1, 0.15) is 22.5 Å². The number of phenolic OH excluding ortho intramolecular Hbond substituents is 1. The van der Waals surface area contributed by atoms with Gasteiger partial charge in [-0.2, -0.15) is 0 Å². The van der Waals surface area contributed by atoms with E-state index in [2.05, 4.69) is 23.7 Å². The molecule has 0 bridgehead atoms. The van der Waals surface area contributed by atoms with Crippen LogP contribution in [0.1, 0.15) is 63.9 Å². The Balaban J connectivity index is 1.78. The van der Waals surface area contributed by atoms with Gasteiger partial charge in [-0.25, -0.2) is 4.79 Å². The first-order valence-electron chi connectivity index (χ1n) is 11.0. The molecule has 6 nitrogen and oxygen atoms in total. The Labute approximate surface area is 183 Å². The van der Waals surface area contributed by atoms with E-state index < -0.39 is 0 Å². The minimum Gasteiger partial charge on any atom is -0.506 e. The number of aromatic nitrogens is 3. The summed E-state index contributed by atoms with van der Waals surface area (Å²) in [6.45, 7) is 7.84. The molecular formula is C25H31N3O3. The quantitative estimate of drug-likeness (QED) is 0.244. The molecular weight excluding hydrogens is 390 g/mol. The predicted octanol–water partition coefficient (Wildman–Crippen LogP) is 5.69. The normalized spacial score (nSPS) is 12.1. The van der Waals surface area contributed by atoms with Crippen LogP contribution < -0.4 is 0 Å². The average molecular weight is 422 g/mol. The maximum atomic E-state index is 11.6. The van der Waals surface area contributed by atoms with Crippen molar-refractivity contribution in [1.82, 2.24) is 15.0 Å². The Kier molecular flexibility index (Phi) is 7.82. The van der Waals surface area contributed by atoms with Crippen molar-refractivity contribution in [3.63, 3.8) is 0 Å². The largest absolute Gasteiger partial charge is 0.506 e. The molecule has 0 spiro atoms. The minimum absolute atomic E-state index is 0.145. The first kappa shape index (κ1) is 22.5. The van der Waals surface area contributed by atoms with E-state index in [9.17, 15) is 9.90 Å². The number of unbranched alkanes of at least 4 members (excludes halogenated alkanes) is 2. The lowest BCUT2D eigenvalue weighted by atomic mass is 9.89. The van der Waals surface area contributed by atoms with Crippen LogP contribution in [0.5, 0.6) is 5.75 Å². The molecule has 164 valence electrons. The highest BCUT2D eigenvalue weighted by Crippen LogP contribution is 2.32. The van der Waals surface area contributed by atoms with Crippen LogP contribution in [0.3, 0.4) is 0 Å². The Bertz CT molecular complexity index is 1010. The van der Waals surface area contributed by atoms with Gasteiger partial charge in [0.15, 0.2) is 0 Å². The number of hydrogen-bond donors (Lipinski definition) is 1. The zero-order chi connectivity index (χ0) is 22.2. The fraction of sp³-hybridized carbons (Fsp3) is 0.400. The Morgan fingerprint density at radius 3 is 2.42 bits per heavy atom. The van der Waals surface area contributed by atoms with E-state index in [0.29, 0.717) is 23.8 Å². The molecule has 0 saturated heterocycles. The van der Waals surface area contributed by atoms with Crippen LogP contribution in [0.2, 0.25) is 0 Å². The summed E-state index contributed by atoms with van der Waals surface area (Å²) in [7, 11) is 0. The molecule has 1 aromatic heterocycles. The van der Waals surface area contributed by atoms with E-state index in [1.54, 1.807) is 13.0 Å². The molecule has 0 fully saturated rings. The molecule has 1 atom stereocenters. The van der Waals surface area contributed by atoms with Crippen molar-refractivity contribution >= 4 is 17.0 Å². The number of aromatic hydroxyl groups is 1. The predicted molar refractivity (Wildman–Crippen MR) is 122 cm³/mol. The van der Waals surface area contributed by atoms with Crippen molar-refractivity contribution in [3.05, 3.63) is 60.2 Å². The number of carbonyl (C=O) groups is 1. The highest BCUT2D eigenvalue weighted by atomic mass is 16.5. The summed E-state index contributed by atoms with van der Waals surface area (Å²) in [4.78, 5) is 13.1. The third-order valence-electron chi connectivity index (χ3n) is 5.41. The summed E-state index contributed by atoms with van der Waals surface area (Å²) >= 11 is 0. The second-order valence-electron chi connectivity index (χ2n) is 7.98. The van der Waals surface area contributed by atoms with E-state index in [0.717, 1.165) is 48.7 Å². The number of hydrogen-bond acceptors (Lipinski definition) is 5. The summed E-state index contributed by atoms with van der Waals surface area (Å²) in [5, 5.41) is 19.5. The lowest BCUT2D eigenvalue weighted by Gasteiger charge is -2.19. The molecule has 3 aromatic rings. The van der Waals surface area contributed by atoms with Crippen molar-refractivity contribution < 1.29 is 14.6 Å². The molecule has 0 aliphatic heterocycles. The van der Waals surface area contributed by atoms with Crippen molar-refractivity contribution in [3.8, 4) is 11.4 Å². The van der Waals surface area contributed by atoms with Crippen LogP contribution in [0.4, 0.5) is 0 Å². The fourth-order valence-corrected chi connectivity index (χ4v) is 3.66. The number of fused-ring (bicyclic) bond motifs is 1. The number of phenols is 1. The van der Waals surface area contributed by atoms with Gasteiger partial charge in [0, 0.05) is 5.57 Å². The second kappa shape index (κ2) is 10.8. The van der Waals surface area contributed by atoms with Gasteiger partial charge in [-0.3, -0.25) is 0 Å². The maximum Gasteiger partial charge on any atom is 0.333 e. The van der Waals surface area contributed by atoms with Crippen LogP contribution in [-0.2, 0) is 9.53 Å². The molecule has 1 unspecified atom stereocenters. The number of benzene rings is 2. The van der Waals surface area contributed by atoms with Gasteiger partial charge in [-0.05, 0) is 61.9 Å². The molecule has 2 aromatic carbocycles. The molecule has 1 N–H and O–H groups in total. The van der Waals surface area contributed by atoms with Crippen LogP contribution in [-0.4, -0.2) is 32.7 Å². The average Bonchev–Trinajstić information content (AvgIpc) is 3.19. The monoisotopic (exact) mass is 421 g/mol. The van der Waals surface area contributed by atoms with E-state index in [-0.39, 0.29) is 11.7 Å². The highest BCUT2D eigenvalue weighted by molar-refractivity contribution is 5.86. The summed E-state index contributed by atoms with van der Waals surface area (Å²) in [6.07, 6.45) is 6.18. The molecule has 0 aliphatic rings. The number of nitrogens with zero attached hydrogens (tertiary/aromatic N) is 3. The Morgan fingerprint density at radius 1 is 1.10 bits per heavy atom. The number of esters is 1. The van der Waals surface area contributed by atoms with Crippen molar-refractivity contribution in [2.24, 2.45) is 0 Å². The Morgan fingerprint density at radius 2 is 1.77 bits per heavy atom. The molecule has 31 heavy (non-hydrogen) atoms. The van der Waals surface area contributed by atoms with Crippen LogP contribution in [0.25, 0.3) is 16.7 Å². The van der Waals surface area contributed by atoms with Crippen molar-refractivity contribution in [1.29, 1.82) is 0 Å². The second-order valence-corrected chi connectivity index (χ2v) is 7.98. The molecule has 1 heterocycles. The summed E-state index contributed by atoms with van der Waals surface area (Å²) < 4.78 is 5.26.